The van der Waals surface area contributed by atoms with Gasteiger partial charge in [0.2, 0.25) is 0 Å². The van der Waals surface area contributed by atoms with E-state index in [9.17, 15) is 0 Å². The van der Waals surface area contributed by atoms with Crippen molar-refractivity contribution in [3.63, 3.8) is 0 Å². The van der Waals surface area contributed by atoms with Crippen LogP contribution in [0.5, 0.6) is 5.75 Å². The van der Waals surface area contributed by atoms with E-state index in [-0.39, 0.29) is 24.0 Å². The van der Waals surface area contributed by atoms with Crippen LogP contribution < -0.4 is 15.4 Å². The first kappa shape index (κ1) is 18.2. The minimum Gasteiger partial charge on any atom is -0.492 e. The summed E-state index contributed by atoms with van der Waals surface area (Å²) >= 11 is 12.2. The van der Waals surface area contributed by atoms with Gasteiger partial charge in [-0.25, -0.2) is 4.99 Å². The lowest BCUT2D eigenvalue weighted by atomic mass is 10.1. The van der Waals surface area contributed by atoms with E-state index >= 15 is 0 Å². The zero-order valence-electron chi connectivity index (χ0n) is 12.2. The van der Waals surface area contributed by atoms with Crippen LogP contribution in [0.1, 0.15) is 5.56 Å². The second-order valence-electron chi connectivity index (χ2n) is 4.77. The van der Waals surface area contributed by atoms with Gasteiger partial charge in [0, 0.05) is 11.3 Å². The fourth-order valence-electron chi connectivity index (χ4n) is 2.14. The number of hydrogen-bond acceptors (Lipinski definition) is 4. The van der Waals surface area contributed by atoms with Gasteiger partial charge in [0.15, 0.2) is 5.96 Å². The van der Waals surface area contributed by atoms with Crippen LogP contribution in [0.15, 0.2) is 47.5 Å². The van der Waals surface area contributed by atoms with E-state index < -0.39 is 0 Å². The van der Waals surface area contributed by atoms with Crippen LogP contribution >= 0.6 is 47.2 Å². The van der Waals surface area contributed by atoms with E-state index in [0.717, 1.165) is 17.0 Å². The van der Waals surface area contributed by atoms with Crippen LogP contribution in [0, 0.1) is 0 Å². The lowest BCUT2D eigenvalue weighted by Gasteiger charge is -2.20. The Hall–Kier alpha value is -1.18. The summed E-state index contributed by atoms with van der Waals surface area (Å²) in [6, 6.07) is 13.4. The number of guanidine groups is 1. The summed E-state index contributed by atoms with van der Waals surface area (Å²) < 4.78 is 5.62. The predicted octanol–water partition coefficient (Wildman–Crippen LogP) is 4.56. The van der Waals surface area contributed by atoms with Gasteiger partial charge in [-0.15, -0.1) is 24.0 Å². The molecule has 122 valence electrons. The maximum Gasteiger partial charge on any atom is 0.196 e. The number of rotatable bonds is 4. The Morgan fingerprint density at radius 2 is 1.91 bits per heavy atom. The lowest BCUT2D eigenvalue weighted by molar-refractivity contribution is 0.322. The van der Waals surface area contributed by atoms with Gasteiger partial charge in [0.05, 0.1) is 23.1 Å². The zero-order valence-corrected chi connectivity index (χ0v) is 16.0. The van der Waals surface area contributed by atoms with E-state index in [0.29, 0.717) is 35.7 Å². The molecule has 0 atom stereocenters. The van der Waals surface area contributed by atoms with Gasteiger partial charge < -0.3 is 15.4 Å². The van der Waals surface area contributed by atoms with Crippen LogP contribution in [-0.2, 0) is 6.54 Å². The van der Waals surface area contributed by atoms with Gasteiger partial charge in [-0.1, -0.05) is 41.4 Å². The molecule has 2 aromatic rings. The average molecular weight is 464 g/mol. The topological polar surface area (TPSA) is 45.7 Å². The fourth-order valence-corrected chi connectivity index (χ4v) is 2.55. The van der Waals surface area contributed by atoms with E-state index in [2.05, 4.69) is 15.6 Å². The number of para-hydroxylation sites is 1. The van der Waals surface area contributed by atoms with Gasteiger partial charge >= 0.3 is 0 Å². The van der Waals surface area contributed by atoms with Crippen molar-refractivity contribution in [1.29, 1.82) is 0 Å². The zero-order chi connectivity index (χ0) is 15.4. The van der Waals surface area contributed by atoms with Crippen LogP contribution in [0.3, 0.4) is 0 Å². The Bertz CT molecular complexity index is 695. The normalized spacial score (nSPS) is 12.3. The quantitative estimate of drug-likeness (QED) is 0.516. The van der Waals surface area contributed by atoms with E-state index in [1.807, 2.05) is 36.4 Å². The Morgan fingerprint density at radius 1 is 1.13 bits per heavy atom. The summed E-state index contributed by atoms with van der Waals surface area (Å²) in [6.07, 6.45) is 0. The van der Waals surface area contributed by atoms with Crippen LogP contribution in [-0.4, -0.2) is 19.1 Å². The first-order chi connectivity index (χ1) is 10.7. The molecule has 1 aliphatic heterocycles. The molecule has 1 heterocycles. The predicted molar refractivity (Wildman–Crippen MR) is 107 cm³/mol. The Labute approximate surface area is 162 Å². The molecule has 0 aliphatic carbocycles. The van der Waals surface area contributed by atoms with Crippen molar-refractivity contribution in [2.75, 3.05) is 18.5 Å². The summed E-state index contributed by atoms with van der Waals surface area (Å²) in [5.41, 5.74) is 1.84. The van der Waals surface area contributed by atoms with Crippen molar-refractivity contribution in [2.24, 2.45) is 4.99 Å². The Morgan fingerprint density at radius 3 is 2.70 bits per heavy atom. The minimum atomic E-state index is 0. The largest absolute Gasteiger partial charge is 0.492 e. The number of halogens is 3. The number of fused-ring (bicyclic) bond motifs is 1. The molecule has 23 heavy (non-hydrogen) atoms. The monoisotopic (exact) mass is 463 g/mol. The Kier molecular flexibility index (Phi) is 6.80. The second-order valence-corrected chi connectivity index (χ2v) is 5.55. The van der Waals surface area contributed by atoms with Gasteiger partial charge in [0.25, 0.3) is 0 Å². The van der Waals surface area contributed by atoms with Crippen molar-refractivity contribution in [3.8, 4) is 5.75 Å². The summed E-state index contributed by atoms with van der Waals surface area (Å²) in [5.74, 6) is 1.57. The number of hydrogen-bond donors (Lipinski definition) is 2. The molecule has 0 spiro atoms. The van der Waals surface area contributed by atoms with Gasteiger partial charge in [-0.05, 0) is 24.3 Å². The molecule has 7 heteroatoms. The SMILES string of the molecule is Clc1ccc2c(c1Cl)CN=C(NCCOc1ccccc1)N2.I. The maximum atomic E-state index is 6.17. The van der Waals surface area contributed by atoms with Crippen molar-refractivity contribution in [1.82, 2.24) is 5.32 Å². The van der Waals surface area contributed by atoms with Gasteiger partial charge in [0.1, 0.15) is 12.4 Å². The highest BCUT2D eigenvalue weighted by molar-refractivity contribution is 14.0. The number of nitrogens with zero attached hydrogens (tertiary/aromatic N) is 1. The van der Waals surface area contributed by atoms with E-state index in [1.165, 1.54) is 0 Å². The van der Waals surface area contributed by atoms with Crippen molar-refractivity contribution in [3.05, 3.63) is 58.1 Å². The van der Waals surface area contributed by atoms with Crippen LogP contribution in [0.2, 0.25) is 10.0 Å². The molecule has 0 amide bonds. The van der Waals surface area contributed by atoms with E-state index in [4.69, 9.17) is 27.9 Å². The molecule has 2 aromatic carbocycles. The number of ether oxygens (including phenoxy) is 1. The molecule has 1 aliphatic rings. The highest BCUT2D eigenvalue weighted by atomic mass is 127. The van der Waals surface area contributed by atoms with Crippen molar-refractivity contribution < 1.29 is 4.74 Å². The second kappa shape index (κ2) is 8.61. The molecule has 3 rings (SSSR count). The Balaban J connectivity index is 0.00000192. The number of anilines is 1. The summed E-state index contributed by atoms with van der Waals surface area (Å²) in [4.78, 5) is 4.41. The van der Waals surface area contributed by atoms with Crippen LogP contribution in [0.25, 0.3) is 0 Å². The molecular weight excluding hydrogens is 448 g/mol. The molecule has 4 nitrogen and oxygen atoms in total. The van der Waals surface area contributed by atoms with Crippen LogP contribution in [0.4, 0.5) is 5.69 Å². The molecule has 0 saturated heterocycles. The van der Waals surface area contributed by atoms with Crippen molar-refractivity contribution >= 4 is 58.8 Å². The summed E-state index contributed by atoms with van der Waals surface area (Å²) in [5, 5.41) is 7.51. The highest BCUT2D eigenvalue weighted by Crippen LogP contribution is 2.33. The fraction of sp³-hybridized carbons (Fsp3) is 0.188. The molecule has 0 bridgehead atoms. The summed E-state index contributed by atoms with van der Waals surface area (Å²) in [6.45, 7) is 1.71. The van der Waals surface area contributed by atoms with Gasteiger partial charge in [-0.2, -0.15) is 0 Å². The van der Waals surface area contributed by atoms with Crippen molar-refractivity contribution in [2.45, 2.75) is 6.54 Å². The molecule has 0 saturated carbocycles. The lowest BCUT2D eigenvalue weighted by Crippen LogP contribution is -2.35. The number of aliphatic imine (C=N–C) groups is 1. The minimum absolute atomic E-state index is 0. The first-order valence-corrected chi connectivity index (χ1v) is 7.70. The smallest absolute Gasteiger partial charge is 0.196 e. The maximum absolute atomic E-state index is 6.17. The highest BCUT2D eigenvalue weighted by Gasteiger charge is 2.16. The third-order valence-corrected chi connectivity index (χ3v) is 4.09. The summed E-state index contributed by atoms with van der Waals surface area (Å²) in [7, 11) is 0. The number of benzene rings is 2. The molecule has 0 radical (unpaired) electrons. The molecule has 2 N–H and O–H groups in total. The molecular formula is C16H16Cl2IN3O. The molecule has 0 aromatic heterocycles. The molecule has 0 fully saturated rings. The standard InChI is InChI=1S/C16H15Cl2N3O.HI/c17-13-6-7-14-12(15(13)18)10-20-16(21-14)19-8-9-22-11-4-2-1-3-5-11;/h1-7H,8-10H2,(H2,19,20,21);1H. The first-order valence-electron chi connectivity index (χ1n) is 6.94. The third-order valence-electron chi connectivity index (χ3n) is 3.25. The third kappa shape index (κ3) is 4.65. The van der Waals surface area contributed by atoms with E-state index in [1.54, 1.807) is 6.07 Å². The average Bonchev–Trinajstić information content (AvgIpc) is 2.56. The number of nitrogens with one attached hydrogen (secondary N) is 2. The van der Waals surface area contributed by atoms with Gasteiger partial charge in [-0.3, -0.25) is 0 Å². The molecule has 0 unspecified atom stereocenters.